The van der Waals surface area contributed by atoms with E-state index in [1.54, 1.807) is 11.0 Å². The summed E-state index contributed by atoms with van der Waals surface area (Å²) >= 11 is 0. The van der Waals surface area contributed by atoms with Crippen LogP contribution in [0.25, 0.3) is 0 Å². The van der Waals surface area contributed by atoms with Crippen molar-refractivity contribution >= 4 is 33.7 Å². The van der Waals surface area contributed by atoms with Gasteiger partial charge in [0.25, 0.3) is 10.1 Å². The summed E-state index contributed by atoms with van der Waals surface area (Å²) in [6, 6.07) is 5.75. The van der Waals surface area contributed by atoms with Crippen LogP contribution in [0.15, 0.2) is 29.2 Å². The molecule has 0 saturated carbocycles. The van der Waals surface area contributed by atoms with Crippen molar-refractivity contribution in [3.8, 4) is 0 Å². The fourth-order valence-electron chi connectivity index (χ4n) is 1.80. The molecule has 2 rings (SSSR count). The van der Waals surface area contributed by atoms with Crippen molar-refractivity contribution in [3.63, 3.8) is 0 Å². The van der Waals surface area contributed by atoms with E-state index >= 15 is 0 Å². The van der Waals surface area contributed by atoms with Crippen LogP contribution in [0.2, 0.25) is 0 Å². The molecule has 0 fully saturated rings. The highest BCUT2D eigenvalue weighted by molar-refractivity contribution is 7.85. The highest BCUT2D eigenvalue weighted by Crippen LogP contribution is 2.20. The van der Waals surface area contributed by atoms with Gasteiger partial charge in [-0.25, -0.2) is 0 Å². The minimum atomic E-state index is -4.27. The fourth-order valence-corrected chi connectivity index (χ4v) is 2.33. The topological polar surface area (TPSA) is 120 Å². The zero-order chi connectivity index (χ0) is 17.7. The standard InChI is InChI=1S/C14H20N6O3S/c1-4-8-15-12-17-13(19-14(18-12)20(2)3)16-10-6-5-7-11(9-10)24(21,22)23/h5-7,9H,4,8H2,1-3H3,(H,21,22,23)(H2,15,16,17,18,19). The molecule has 0 aliphatic heterocycles. The minimum Gasteiger partial charge on any atom is -0.354 e. The summed E-state index contributed by atoms with van der Waals surface area (Å²) < 4.78 is 31.6. The summed E-state index contributed by atoms with van der Waals surface area (Å²) in [5.74, 6) is 1.14. The molecule has 130 valence electrons. The molecule has 0 spiro atoms. The Morgan fingerprint density at radius 3 is 2.50 bits per heavy atom. The van der Waals surface area contributed by atoms with Crippen LogP contribution in [0.5, 0.6) is 0 Å². The first-order valence-corrected chi connectivity index (χ1v) is 8.75. The second-order valence-electron chi connectivity index (χ2n) is 5.23. The van der Waals surface area contributed by atoms with Gasteiger partial charge < -0.3 is 15.5 Å². The molecule has 0 aliphatic carbocycles. The predicted octanol–water partition coefficient (Wildman–Crippen LogP) is 1.75. The zero-order valence-electron chi connectivity index (χ0n) is 13.7. The van der Waals surface area contributed by atoms with E-state index < -0.39 is 10.1 Å². The summed E-state index contributed by atoms with van der Waals surface area (Å²) in [5, 5.41) is 6.01. The molecule has 1 heterocycles. The Balaban J connectivity index is 2.33. The van der Waals surface area contributed by atoms with Crippen molar-refractivity contribution in [2.45, 2.75) is 18.2 Å². The first-order chi connectivity index (χ1) is 11.3. The Morgan fingerprint density at radius 1 is 1.17 bits per heavy atom. The molecule has 3 N–H and O–H groups in total. The summed E-state index contributed by atoms with van der Waals surface area (Å²) in [6.45, 7) is 2.75. The Bertz CT molecular complexity index is 810. The van der Waals surface area contributed by atoms with Gasteiger partial charge in [0.15, 0.2) is 0 Å². The lowest BCUT2D eigenvalue weighted by atomic mass is 10.3. The van der Waals surface area contributed by atoms with E-state index in [0.717, 1.165) is 6.42 Å². The number of benzene rings is 1. The molecule has 1 aromatic carbocycles. The highest BCUT2D eigenvalue weighted by atomic mass is 32.2. The number of hydrogen-bond donors (Lipinski definition) is 3. The number of nitrogens with one attached hydrogen (secondary N) is 2. The molecule has 0 aliphatic rings. The van der Waals surface area contributed by atoms with E-state index in [0.29, 0.717) is 24.1 Å². The van der Waals surface area contributed by atoms with Crippen LogP contribution in [0.4, 0.5) is 23.5 Å². The van der Waals surface area contributed by atoms with Crippen LogP contribution < -0.4 is 15.5 Å². The first-order valence-electron chi connectivity index (χ1n) is 7.31. The van der Waals surface area contributed by atoms with Gasteiger partial charge in [-0.1, -0.05) is 13.0 Å². The van der Waals surface area contributed by atoms with E-state index in [9.17, 15) is 8.42 Å². The van der Waals surface area contributed by atoms with Crippen molar-refractivity contribution in [2.75, 3.05) is 36.2 Å². The van der Waals surface area contributed by atoms with Gasteiger partial charge in [0, 0.05) is 26.3 Å². The Hall–Kier alpha value is -2.46. The van der Waals surface area contributed by atoms with Crippen LogP contribution in [-0.2, 0) is 10.1 Å². The average molecular weight is 352 g/mol. The quantitative estimate of drug-likeness (QED) is 0.640. The molecule has 2 aromatic rings. The van der Waals surface area contributed by atoms with E-state index in [1.165, 1.54) is 18.2 Å². The minimum absolute atomic E-state index is 0.210. The third kappa shape index (κ3) is 4.77. The van der Waals surface area contributed by atoms with Crippen molar-refractivity contribution in [1.82, 2.24) is 15.0 Å². The molecule has 0 radical (unpaired) electrons. The normalized spacial score (nSPS) is 11.2. The third-order valence-corrected chi connectivity index (χ3v) is 3.79. The molecule has 0 amide bonds. The van der Waals surface area contributed by atoms with E-state index in [-0.39, 0.29) is 10.8 Å². The lowest BCUT2D eigenvalue weighted by Crippen LogP contribution is -2.16. The average Bonchev–Trinajstić information content (AvgIpc) is 2.52. The van der Waals surface area contributed by atoms with E-state index in [2.05, 4.69) is 25.6 Å². The Kier molecular flexibility index (Phi) is 5.52. The summed E-state index contributed by atoms with van der Waals surface area (Å²) in [6.07, 6.45) is 0.919. The molecule has 0 saturated heterocycles. The van der Waals surface area contributed by atoms with Gasteiger partial charge in [-0.05, 0) is 24.6 Å². The smallest absolute Gasteiger partial charge is 0.294 e. The molecule has 1 aromatic heterocycles. The van der Waals surface area contributed by atoms with Crippen LogP contribution in [-0.4, -0.2) is 48.6 Å². The van der Waals surface area contributed by atoms with Crippen molar-refractivity contribution < 1.29 is 13.0 Å². The van der Waals surface area contributed by atoms with Crippen molar-refractivity contribution in [2.24, 2.45) is 0 Å². The van der Waals surface area contributed by atoms with Crippen molar-refractivity contribution in [1.29, 1.82) is 0 Å². The second-order valence-corrected chi connectivity index (χ2v) is 6.65. The molecule has 10 heteroatoms. The summed E-state index contributed by atoms with van der Waals surface area (Å²) in [4.78, 5) is 14.3. The highest BCUT2D eigenvalue weighted by Gasteiger charge is 2.12. The van der Waals surface area contributed by atoms with Gasteiger partial charge in [0.2, 0.25) is 17.8 Å². The van der Waals surface area contributed by atoms with Gasteiger partial charge in [0.05, 0.1) is 4.90 Å². The maximum Gasteiger partial charge on any atom is 0.294 e. The SMILES string of the molecule is CCCNc1nc(Nc2cccc(S(=O)(=O)O)c2)nc(N(C)C)n1. The summed E-state index contributed by atoms with van der Waals surface area (Å²) in [7, 11) is -0.659. The van der Waals surface area contributed by atoms with Gasteiger partial charge in [-0.2, -0.15) is 23.4 Å². The largest absolute Gasteiger partial charge is 0.354 e. The maximum absolute atomic E-state index is 11.2. The molecule has 24 heavy (non-hydrogen) atoms. The van der Waals surface area contributed by atoms with Crippen LogP contribution in [0.3, 0.4) is 0 Å². The van der Waals surface area contributed by atoms with Gasteiger partial charge in [-0.15, -0.1) is 0 Å². The summed E-state index contributed by atoms with van der Waals surface area (Å²) in [5.41, 5.74) is 0.433. The van der Waals surface area contributed by atoms with E-state index in [4.69, 9.17) is 4.55 Å². The number of nitrogens with zero attached hydrogens (tertiary/aromatic N) is 4. The molecule has 0 atom stereocenters. The van der Waals surface area contributed by atoms with Crippen LogP contribution in [0, 0.1) is 0 Å². The number of aromatic nitrogens is 3. The van der Waals surface area contributed by atoms with E-state index in [1.807, 2.05) is 21.0 Å². The second kappa shape index (κ2) is 7.41. The number of anilines is 4. The molecular weight excluding hydrogens is 332 g/mol. The maximum atomic E-state index is 11.2. The van der Waals surface area contributed by atoms with Crippen LogP contribution in [0.1, 0.15) is 13.3 Å². The van der Waals surface area contributed by atoms with Gasteiger partial charge in [-0.3, -0.25) is 4.55 Å². The monoisotopic (exact) mass is 352 g/mol. The zero-order valence-corrected chi connectivity index (χ0v) is 14.5. The predicted molar refractivity (Wildman–Crippen MR) is 92.5 cm³/mol. The molecule has 9 nitrogen and oxygen atoms in total. The van der Waals surface area contributed by atoms with Crippen LogP contribution >= 0.6 is 0 Å². The van der Waals surface area contributed by atoms with Crippen molar-refractivity contribution in [3.05, 3.63) is 24.3 Å². The van der Waals surface area contributed by atoms with Gasteiger partial charge >= 0.3 is 0 Å². The van der Waals surface area contributed by atoms with Gasteiger partial charge in [0.1, 0.15) is 0 Å². The fraction of sp³-hybridized carbons (Fsp3) is 0.357. The Morgan fingerprint density at radius 2 is 1.88 bits per heavy atom. The lowest BCUT2D eigenvalue weighted by molar-refractivity contribution is 0.483. The first kappa shape index (κ1) is 17.9. The molecule has 0 bridgehead atoms. The number of hydrogen-bond acceptors (Lipinski definition) is 8. The molecule has 0 unspecified atom stereocenters. The third-order valence-electron chi connectivity index (χ3n) is 2.94. The molecular formula is C14H20N6O3S. The Labute approximate surface area is 140 Å². The lowest BCUT2D eigenvalue weighted by Gasteiger charge is -2.14. The number of rotatable bonds is 7.